The molecule has 0 saturated carbocycles. The molecule has 6 heteroatoms. The molecule has 4 nitrogen and oxygen atoms in total. The van der Waals surface area contributed by atoms with Gasteiger partial charge in [0.05, 0.1) is 4.92 Å². The average molecular weight is 355 g/mol. The zero-order chi connectivity index (χ0) is 14.7. The normalized spacial score (nSPS) is 10.3. The van der Waals surface area contributed by atoms with Gasteiger partial charge in [-0.25, -0.2) is 0 Å². The summed E-state index contributed by atoms with van der Waals surface area (Å²) in [4.78, 5) is 22.4. The lowest BCUT2D eigenvalue weighted by molar-refractivity contribution is -0.385. The molecule has 0 heterocycles. The monoisotopic (exact) mass is 353 g/mol. The molecule has 0 fully saturated rings. The van der Waals surface area contributed by atoms with Gasteiger partial charge in [0.15, 0.2) is 5.78 Å². The average Bonchev–Trinajstić information content (AvgIpc) is 2.40. The van der Waals surface area contributed by atoms with Gasteiger partial charge in [-0.2, -0.15) is 0 Å². The van der Waals surface area contributed by atoms with Gasteiger partial charge in [-0.05, 0) is 23.8 Å². The van der Waals surface area contributed by atoms with Crippen molar-refractivity contribution in [2.24, 2.45) is 0 Å². The lowest BCUT2D eigenvalue weighted by Gasteiger charge is -2.03. The molecule has 2 rings (SSSR count). The Hall–Kier alpha value is -1.72. The summed E-state index contributed by atoms with van der Waals surface area (Å²) in [6.45, 7) is 0. The summed E-state index contributed by atoms with van der Waals surface area (Å²) in [6, 6.07) is 11.1. The molecule has 0 aliphatic rings. The van der Waals surface area contributed by atoms with Gasteiger partial charge in [-0.1, -0.05) is 39.7 Å². The molecule has 0 aliphatic heterocycles. The molecule has 0 atom stereocenters. The molecule has 2 aromatic carbocycles. The van der Waals surface area contributed by atoms with Crippen LogP contribution in [0.15, 0.2) is 46.9 Å². The van der Waals surface area contributed by atoms with Crippen molar-refractivity contribution in [3.8, 4) is 0 Å². The Bertz CT molecular complexity index is 671. The Labute approximate surface area is 128 Å². The summed E-state index contributed by atoms with van der Waals surface area (Å²) in [5.74, 6) is -0.184. The van der Waals surface area contributed by atoms with Gasteiger partial charge in [0.1, 0.15) is 0 Å². The molecule has 0 aromatic heterocycles. The lowest BCUT2D eigenvalue weighted by Crippen LogP contribution is -2.04. The standard InChI is InChI=1S/C14H9BrClNO3/c15-11-6-10(7-13(8-11)17(19)20)14(18)5-9-1-3-12(16)4-2-9/h1-4,6-8H,5H2. The van der Waals surface area contributed by atoms with Crippen LogP contribution in [-0.4, -0.2) is 10.7 Å². The first kappa shape index (κ1) is 14.7. The van der Waals surface area contributed by atoms with E-state index in [4.69, 9.17) is 11.6 Å². The highest BCUT2D eigenvalue weighted by atomic mass is 79.9. The minimum Gasteiger partial charge on any atom is -0.294 e. The van der Waals surface area contributed by atoms with Crippen LogP contribution in [0.25, 0.3) is 0 Å². The van der Waals surface area contributed by atoms with Crippen LogP contribution in [0.2, 0.25) is 5.02 Å². The summed E-state index contributed by atoms with van der Waals surface area (Å²) in [5.41, 5.74) is 1.00. The molecule has 102 valence electrons. The van der Waals surface area contributed by atoms with Crippen molar-refractivity contribution in [2.75, 3.05) is 0 Å². The molecule has 2 aromatic rings. The fourth-order valence-electron chi connectivity index (χ4n) is 1.73. The number of hydrogen-bond donors (Lipinski definition) is 0. The van der Waals surface area contributed by atoms with Gasteiger partial charge in [-0.15, -0.1) is 0 Å². The van der Waals surface area contributed by atoms with E-state index in [9.17, 15) is 14.9 Å². The van der Waals surface area contributed by atoms with Gasteiger partial charge >= 0.3 is 0 Å². The molecule has 0 bridgehead atoms. The highest BCUT2D eigenvalue weighted by Gasteiger charge is 2.14. The van der Waals surface area contributed by atoms with Gasteiger partial charge < -0.3 is 0 Å². The molecule has 0 unspecified atom stereocenters. The maximum atomic E-state index is 12.1. The Morgan fingerprint density at radius 2 is 1.85 bits per heavy atom. The predicted molar refractivity (Wildman–Crippen MR) is 80.3 cm³/mol. The number of non-ortho nitro benzene ring substituents is 1. The number of carbonyl (C=O) groups excluding carboxylic acids is 1. The molecule has 0 amide bonds. The van der Waals surface area contributed by atoms with Crippen molar-refractivity contribution in [3.05, 3.63) is 73.2 Å². The van der Waals surface area contributed by atoms with Crippen LogP contribution in [0.5, 0.6) is 0 Å². The van der Waals surface area contributed by atoms with Crippen LogP contribution in [0.4, 0.5) is 5.69 Å². The zero-order valence-corrected chi connectivity index (χ0v) is 12.5. The number of nitrogens with zero attached hydrogens (tertiary/aromatic N) is 1. The van der Waals surface area contributed by atoms with E-state index in [-0.39, 0.29) is 17.9 Å². The smallest absolute Gasteiger partial charge is 0.271 e. The third kappa shape index (κ3) is 3.65. The fourth-order valence-corrected chi connectivity index (χ4v) is 2.34. The molecular weight excluding hydrogens is 346 g/mol. The van der Waals surface area contributed by atoms with E-state index in [1.165, 1.54) is 12.1 Å². The highest BCUT2D eigenvalue weighted by Crippen LogP contribution is 2.22. The summed E-state index contributed by atoms with van der Waals surface area (Å²) in [6.07, 6.45) is 0.171. The second-order valence-corrected chi connectivity index (χ2v) is 5.53. The Morgan fingerprint density at radius 3 is 2.45 bits per heavy atom. The first-order valence-corrected chi connectivity index (χ1v) is 6.85. The van der Waals surface area contributed by atoms with Crippen LogP contribution in [-0.2, 0) is 6.42 Å². The third-order valence-corrected chi connectivity index (χ3v) is 3.40. The molecule has 0 saturated heterocycles. The molecule has 0 N–H and O–H groups in total. The number of nitro groups is 1. The van der Waals surface area contributed by atoms with E-state index in [0.717, 1.165) is 5.56 Å². The van der Waals surface area contributed by atoms with Crippen LogP contribution in [0, 0.1) is 10.1 Å². The quantitative estimate of drug-likeness (QED) is 0.463. The van der Waals surface area contributed by atoms with E-state index in [2.05, 4.69) is 15.9 Å². The number of hydrogen-bond acceptors (Lipinski definition) is 3. The van der Waals surface area contributed by atoms with Gasteiger partial charge in [0, 0.05) is 33.6 Å². The number of Topliss-reactive ketones (excluding diaryl/α,β-unsaturated/α-hetero) is 1. The maximum Gasteiger partial charge on any atom is 0.271 e. The Kier molecular flexibility index (Phi) is 4.52. The maximum absolute atomic E-state index is 12.1. The SMILES string of the molecule is O=C(Cc1ccc(Cl)cc1)c1cc(Br)cc([N+](=O)[O-])c1. The summed E-state index contributed by atoms with van der Waals surface area (Å²) in [7, 11) is 0. The topological polar surface area (TPSA) is 60.2 Å². The van der Waals surface area contributed by atoms with E-state index in [1.807, 2.05) is 0 Å². The summed E-state index contributed by atoms with van der Waals surface area (Å²) < 4.78 is 0.506. The van der Waals surface area contributed by atoms with Crippen molar-refractivity contribution < 1.29 is 9.72 Å². The van der Waals surface area contributed by atoms with Crippen LogP contribution in [0.3, 0.4) is 0 Å². The van der Waals surface area contributed by atoms with Gasteiger partial charge in [-0.3, -0.25) is 14.9 Å². The second-order valence-electron chi connectivity index (χ2n) is 4.18. The zero-order valence-electron chi connectivity index (χ0n) is 10.2. The largest absolute Gasteiger partial charge is 0.294 e. The van der Waals surface area contributed by atoms with Crippen molar-refractivity contribution in [3.63, 3.8) is 0 Å². The predicted octanol–water partition coefficient (Wildman–Crippen LogP) is 4.44. The third-order valence-electron chi connectivity index (χ3n) is 2.69. The fraction of sp³-hybridized carbons (Fsp3) is 0.0714. The van der Waals surface area contributed by atoms with Gasteiger partial charge in [0.25, 0.3) is 5.69 Å². The van der Waals surface area contributed by atoms with Gasteiger partial charge in [0.2, 0.25) is 0 Å². The highest BCUT2D eigenvalue weighted by molar-refractivity contribution is 9.10. The van der Waals surface area contributed by atoms with Crippen LogP contribution < -0.4 is 0 Å². The minimum atomic E-state index is -0.524. The number of nitro benzene ring substituents is 1. The summed E-state index contributed by atoms with van der Waals surface area (Å²) >= 11 is 8.95. The lowest BCUT2D eigenvalue weighted by atomic mass is 10.0. The van der Waals surface area contributed by atoms with Crippen molar-refractivity contribution in [1.82, 2.24) is 0 Å². The molecule has 20 heavy (non-hydrogen) atoms. The number of rotatable bonds is 4. The van der Waals surface area contributed by atoms with Crippen LogP contribution in [0.1, 0.15) is 15.9 Å². The van der Waals surface area contributed by atoms with Crippen LogP contribution >= 0.6 is 27.5 Å². The number of benzene rings is 2. The minimum absolute atomic E-state index is 0.112. The second kappa shape index (κ2) is 6.15. The molecule has 0 radical (unpaired) electrons. The molecule has 0 aliphatic carbocycles. The first-order valence-electron chi connectivity index (χ1n) is 5.68. The summed E-state index contributed by atoms with van der Waals surface area (Å²) in [5, 5.41) is 11.4. The number of halogens is 2. The van der Waals surface area contributed by atoms with E-state index in [0.29, 0.717) is 15.1 Å². The van der Waals surface area contributed by atoms with E-state index < -0.39 is 4.92 Å². The van der Waals surface area contributed by atoms with E-state index in [1.54, 1.807) is 30.3 Å². The number of carbonyl (C=O) groups is 1. The Balaban J connectivity index is 2.25. The molecular formula is C14H9BrClNO3. The first-order chi connectivity index (χ1) is 9.45. The van der Waals surface area contributed by atoms with E-state index >= 15 is 0 Å². The molecule has 0 spiro atoms. The number of ketones is 1. The van der Waals surface area contributed by atoms with Crippen molar-refractivity contribution >= 4 is 39.0 Å². The van der Waals surface area contributed by atoms with Crippen molar-refractivity contribution in [1.29, 1.82) is 0 Å². The Morgan fingerprint density at radius 1 is 1.20 bits per heavy atom. The van der Waals surface area contributed by atoms with Crippen molar-refractivity contribution in [2.45, 2.75) is 6.42 Å².